The van der Waals surface area contributed by atoms with Crippen LogP contribution in [0.4, 0.5) is 5.13 Å². The van der Waals surface area contributed by atoms with Crippen molar-refractivity contribution in [1.82, 2.24) is 9.88 Å². The maximum absolute atomic E-state index is 12.6. The Morgan fingerprint density at radius 1 is 1.22 bits per heavy atom. The van der Waals surface area contributed by atoms with Gasteiger partial charge in [-0.3, -0.25) is 24.6 Å². The number of hydrogen-bond donors (Lipinski definition) is 1. The molecule has 0 atom stereocenters. The van der Waals surface area contributed by atoms with Crippen LogP contribution in [0.3, 0.4) is 0 Å². The number of hydrogen-bond acceptors (Lipinski definition) is 5. The van der Waals surface area contributed by atoms with Gasteiger partial charge in [-0.1, -0.05) is 29.5 Å². The molecule has 0 unspecified atom stereocenters. The molecule has 0 spiro atoms. The minimum Gasteiger partial charge on any atom is -0.298 e. The number of imide groups is 1. The maximum Gasteiger partial charge on any atom is 0.261 e. The molecular formula is C20H15N3O3S. The SMILES string of the molecule is C=CCN1C(=O)c2ccc(C(=O)Nc3nc4c(C)cccc4s3)cc2C1=O. The van der Waals surface area contributed by atoms with Crippen LogP contribution in [0.5, 0.6) is 0 Å². The average molecular weight is 377 g/mol. The molecule has 0 saturated carbocycles. The van der Waals surface area contributed by atoms with Crippen molar-refractivity contribution in [3.63, 3.8) is 0 Å². The number of aryl methyl sites for hydroxylation is 1. The largest absolute Gasteiger partial charge is 0.298 e. The van der Waals surface area contributed by atoms with Gasteiger partial charge in [0, 0.05) is 12.1 Å². The molecule has 1 aromatic heterocycles. The summed E-state index contributed by atoms with van der Waals surface area (Å²) < 4.78 is 0.986. The zero-order valence-corrected chi connectivity index (χ0v) is 15.3. The van der Waals surface area contributed by atoms with Crippen LogP contribution in [-0.2, 0) is 0 Å². The second-order valence-corrected chi connectivity index (χ2v) is 7.20. The van der Waals surface area contributed by atoms with Crippen LogP contribution in [0.1, 0.15) is 36.6 Å². The van der Waals surface area contributed by atoms with Crippen molar-refractivity contribution in [2.45, 2.75) is 6.92 Å². The van der Waals surface area contributed by atoms with E-state index in [-0.39, 0.29) is 23.9 Å². The zero-order chi connectivity index (χ0) is 19.1. The van der Waals surface area contributed by atoms with E-state index in [1.165, 1.54) is 35.6 Å². The quantitative estimate of drug-likeness (QED) is 0.556. The van der Waals surface area contributed by atoms with Gasteiger partial charge in [-0.2, -0.15) is 0 Å². The molecule has 7 heteroatoms. The summed E-state index contributed by atoms with van der Waals surface area (Å²) in [5, 5.41) is 3.26. The fraction of sp³-hybridized carbons (Fsp3) is 0.100. The smallest absolute Gasteiger partial charge is 0.261 e. The molecule has 3 amide bonds. The van der Waals surface area contributed by atoms with Crippen molar-refractivity contribution >= 4 is 44.4 Å². The first-order valence-electron chi connectivity index (χ1n) is 8.28. The van der Waals surface area contributed by atoms with Crippen molar-refractivity contribution in [3.05, 3.63) is 71.3 Å². The van der Waals surface area contributed by atoms with Crippen LogP contribution >= 0.6 is 11.3 Å². The lowest BCUT2D eigenvalue weighted by atomic mass is 10.1. The molecule has 27 heavy (non-hydrogen) atoms. The van der Waals surface area contributed by atoms with E-state index in [2.05, 4.69) is 16.9 Å². The van der Waals surface area contributed by atoms with E-state index >= 15 is 0 Å². The third-order valence-electron chi connectivity index (χ3n) is 4.39. The first-order chi connectivity index (χ1) is 13.0. The highest BCUT2D eigenvalue weighted by Gasteiger charge is 2.35. The zero-order valence-electron chi connectivity index (χ0n) is 14.5. The Hall–Kier alpha value is -3.32. The number of aromatic nitrogens is 1. The molecule has 0 bridgehead atoms. The molecule has 0 fully saturated rings. The van der Waals surface area contributed by atoms with Gasteiger partial charge in [0.1, 0.15) is 0 Å². The van der Waals surface area contributed by atoms with Crippen molar-refractivity contribution < 1.29 is 14.4 Å². The number of benzene rings is 2. The van der Waals surface area contributed by atoms with Gasteiger partial charge in [-0.25, -0.2) is 4.98 Å². The third-order valence-corrected chi connectivity index (χ3v) is 5.32. The Balaban J connectivity index is 1.62. The van der Waals surface area contributed by atoms with Crippen molar-refractivity contribution in [3.8, 4) is 0 Å². The highest BCUT2D eigenvalue weighted by atomic mass is 32.1. The number of carbonyl (C=O) groups is 3. The lowest BCUT2D eigenvalue weighted by Crippen LogP contribution is -2.29. The summed E-state index contributed by atoms with van der Waals surface area (Å²) in [5.74, 6) is -1.17. The fourth-order valence-electron chi connectivity index (χ4n) is 3.04. The van der Waals surface area contributed by atoms with Crippen molar-refractivity contribution in [1.29, 1.82) is 0 Å². The first-order valence-corrected chi connectivity index (χ1v) is 9.10. The van der Waals surface area contributed by atoms with E-state index in [1.807, 2.05) is 25.1 Å². The molecule has 2 heterocycles. The number of fused-ring (bicyclic) bond motifs is 2. The fourth-order valence-corrected chi connectivity index (χ4v) is 3.97. The molecule has 0 saturated heterocycles. The van der Waals surface area contributed by atoms with E-state index in [4.69, 9.17) is 0 Å². The Kier molecular flexibility index (Phi) is 4.08. The van der Waals surface area contributed by atoms with Crippen LogP contribution in [0.15, 0.2) is 49.1 Å². The number of nitrogens with one attached hydrogen (secondary N) is 1. The Bertz CT molecular complexity index is 1130. The molecule has 1 aliphatic rings. The molecule has 0 aliphatic carbocycles. The minimum atomic E-state index is -0.417. The molecule has 4 rings (SSSR count). The predicted molar refractivity (Wildman–Crippen MR) is 104 cm³/mol. The molecule has 1 aliphatic heterocycles. The molecule has 134 valence electrons. The summed E-state index contributed by atoms with van der Waals surface area (Å²) in [6.45, 7) is 5.66. The predicted octanol–water partition coefficient (Wildman–Crippen LogP) is 3.64. The van der Waals surface area contributed by atoms with E-state index in [9.17, 15) is 14.4 Å². The first kappa shape index (κ1) is 17.1. The lowest BCUT2D eigenvalue weighted by Gasteiger charge is -2.09. The molecular weight excluding hydrogens is 362 g/mol. The normalized spacial score (nSPS) is 13.1. The van der Waals surface area contributed by atoms with Crippen LogP contribution in [0, 0.1) is 6.92 Å². The van der Waals surface area contributed by atoms with E-state index < -0.39 is 5.91 Å². The van der Waals surface area contributed by atoms with Gasteiger partial charge >= 0.3 is 0 Å². The summed E-state index contributed by atoms with van der Waals surface area (Å²) >= 11 is 1.38. The summed E-state index contributed by atoms with van der Waals surface area (Å²) in [7, 11) is 0. The van der Waals surface area contributed by atoms with Gasteiger partial charge in [-0.15, -0.1) is 6.58 Å². The number of anilines is 1. The lowest BCUT2D eigenvalue weighted by molar-refractivity contribution is 0.0672. The number of carbonyl (C=O) groups excluding carboxylic acids is 3. The average Bonchev–Trinajstić information content (AvgIpc) is 3.17. The van der Waals surface area contributed by atoms with Gasteiger partial charge in [0.15, 0.2) is 5.13 Å². The Morgan fingerprint density at radius 2 is 2.00 bits per heavy atom. The Labute approximate surface area is 159 Å². The molecule has 1 N–H and O–H groups in total. The van der Waals surface area contributed by atoms with E-state index in [0.717, 1.165) is 20.7 Å². The van der Waals surface area contributed by atoms with Gasteiger partial charge in [-0.05, 0) is 36.8 Å². The molecule has 2 aromatic carbocycles. The molecule has 6 nitrogen and oxygen atoms in total. The summed E-state index contributed by atoms with van der Waals surface area (Å²) in [4.78, 5) is 42.8. The maximum atomic E-state index is 12.6. The van der Waals surface area contributed by atoms with Gasteiger partial charge in [0.2, 0.25) is 0 Å². The number of rotatable bonds is 4. The van der Waals surface area contributed by atoms with Crippen LogP contribution in [0.25, 0.3) is 10.2 Å². The topological polar surface area (TPSA) is 79.4 Å². The van der Waals surface area contributed by atoms with Crippen molar-refractivity contribution in [2.24, 2.45) is 0 Å². The monoisotopic (exact) mass is 377 g/mol. The number of para-hydroxylation sites is 1. The second kappa shape index (κ2) is 6.44. The Morgan fingerprint density at radius 3 is 2.74 bits per heavy atom. The highest BCUT2D eigenvalue weighted by Crippen LogP contribution is 2.29. The van der Waals surface area contributed by atoms with Crippen LogP contribution in [-0.4, -0.2) is 34.2 Å². The number of nitrogens with zero attached hydrogens (tertiary/aromatic N) is 2. The summed E-state index contributed by atoms with van der Waals surface area (Å²) in [5.41, 5.74) is 2.72. The third kappa shape index (κ3) is 2.82. The molecule has 0 radical (unpaired) electrons. The van der Waals surface area contributed by atoms with E-state index in [0.29, 0.717) is 16.3 Å². The second-order valence-electron chi connectivity index (χ2n) is 6.16. The number of amides is 3. The highest BCUT2D eigenvalue weighted by molar-refractivity contribution is 7.22. The van der Waals surface area contributed by atoms with E-state index in [1.54, 1.807) is 0 Å². The van der Waals surface area contributed by atoms with Crippen LogP contribution < -0.4 is 5.32 Å². The summed E-state index contributed by atoms with van der Waals surface area (Å²) in [6.07, 6.45) is 1.49. The van der Waals surface area contributed by atoms with Gasteiger partial charge in [0.25, 0.3) is 17.7 Å². The number of thiazole rings is 1. The standard InChI is InChI=1S/C20H15N3O3S/c1-3-9-23-18(25)13-8-7-12(10-14(13)19(23)26)17(24)22-20-21-16-11(2)5-4-6-15(16)27-20/h3-8,10H,1,9H2,2H3,(H,21,22,24). The van der Waals surface area contributed by atoms with Gasteiger partial charge in [0.05, 0.1) is 21.3 Å². The minimum absolute atomic E-state index is 0.138. The van der Waals surface area contributed by atoms with Gasteiger partial charge < -0.3 is 0 Å². The van der Waals surface area contributed by atoms with Crippen LogP contribution in [0.2, 0.25) is 0 Å². The summed E-state index contributed by atoms with van der Waals surface area (Å²) in [6, 6.07) is 10.4. The molecule has 3 aromatic rings. The van der Waals surface area contributed by atoms with Crippen molar-refractivity contribution in [2.75, 3.05) is 11.9 Å².